The van der Waals surface area contributed by atoms with Gasteiger partial charge in [-0.25, -0.2) is 0 Å². The van der Waals surface area contributed by atoms with Crippen molar-refractivity contribution in [1.29, 1.82) is 0 Å². The SMILES string of the molecule is CC(C)CNCC(C)(C)COCC(C)C. The van der Waals surface area contributed by atoms with Crippen molar-refractivity contribution in [3.8, 4) is 0 Å². The molecule has 0 bridgehead atoms. The Labute approximate surface area is 95.8 Å². The maximum Gasteiger partial charge on any atom is 0.0529 e. The molecule has 0 aromatic heterocycles. The first kappa shape index (κ1) is 14.9. The van der Waals surface area contributed by atoms with E-state index in [1.54, 1.807) is 0 Å². The van der Waals surface area contributed by atoms with Crippen molar-refractivity contribution in [3.63, 3.8) is 0 Å². The standard InChI is InChI=1S/C13H29NO/c1-11(2)7-14-9-13(5,6)10-15-8-12(3)4/h11-12,14H,7-10H2,1-6H3. The van der Waals surface area contributed by atoms with E-state index < -0.39 is 0 Å². The van der Waals surface area contributed by atoms with Crippen LogP contribution < -0.4 is 5.32 Å². The molecule has 0 radical (unpaired) electrons. The molecule has 0 amide bonds. The molecule has 0 rings (SSSR count). The molecule has 1 N–H and O–H groups in total. The molecular formula is C13H29NO. The highest BCUT2D eigenvalue weighted by Crippen LogP contribution is 2.14. The number of ether oxygens (including phenoxy) is 1. The molecule has 15 heavy (non-hydrogen) atoms. The van der Waals surface area contributed by atoms with Gasteiger partial charge < -0.3 is 10.1 Å². The molecule has 0 saturated carbocycles. The van der Waals surface area contributed by atoms with E-state index in [0.717, 1.165) is 32.2 Å². The summed E-state index contributed by atoms with van der Waals surface area (Å²) in [7, 11) is 0. The minimum absolute atomic E-state index is 0.240. The van der Waals surface area contributed by atoms with E-state index in [1.807, 2.05) is 0 Å². The lowest BCUT2D eigenvalue weighted by molar-refractivity contribution is 0.0464. The van der Waals surface area contributed by atoms with Crippen molar-refractivity contribution in [2.75, 3.05) is 26.3 Å². The summed E-state index contributed by atoms with van der Waals surface area (Å²) in [5.74, 6) is 1.35. The third-order valence-corrected chi connectivity index (χ3v) is 2.10. The van der Waals surface area contributed by atoms with E-state index in [1.165, 1.54) is 0 Å². The van der Waals surface area contributed by atoms with Crippen LogP contribution in [0.2, 0.25) is 0 Å². The van der Waals surface area contributed by atoms with Crippen LogP contribution in [0, 0.1) is 17.3 Å². The molecule has 0 spiro atoms. The summed E-state index contributed by atoms with van der Waals surface area (Å²) in [6.07, 6.45) is 0. The van der Waals surface area contributed by atoms with Crippen molar-refractivity contribution >= 4 is 0 Å². The highest BCUT2D eigenvalue weighted by Gasteiger charge is 2.17. The van der Waals surface area contributed by atoms with Crippen LogP contribution in [0.5, 0.6) is 0 Å². The van der Waals surface area contributed by atoms with Gasteiger partial charge in [0, 0.05) is 18.6 Å². The second-order valence-electron chi connectivity index (χ2n) is 6.10. The summed E-state index contributed by atoms with van der Waals surface area (Å²) in [6, 6.07) is 0. The Hall–Kier alpha value is -0.0800. The molecule has 0 aromatic rings. The fourth-order valence-electron chi connectivity index (χ4n) is 1.32. The van der Waals surface area contributed by atoms with Crippen LogP contribution in [-0.2, 0) is 4.74 Å². The zero-order valence-corrected chi connectivity index (χ0v) is 11.4. The Morgan fingerprint density at radius 1 is 1.07 bits per heavy atom. The summed E-state index contributed by atoms with van der Waals surface area (Å²) in [5, 5.41) is 3.48. The van der Waals surface area contributed by atoms with Gasteiger partial charge in [0.15, 0.2) is 0 Å². The highest BCUT2D eigenvalue weighted by atomic mass is 16.5. The first-order valence-corrected chi connectivity index (χ1v) is 6.12. The lowest BCUT2D eigenvalue weighted by atomic mass is 9.94. The average molecular weight is 215 g/mol. The Balaban J connectivity index is 3.57. The van der Waals surface area contributed by atoms with Crippen molar-refractivity contribution < 1.29 is 4.74 Å². The zero-order valence-electron chi connectivity index (χ0n) is 11.4. The van der Waals surface area contributed by atoms with E-state index in [0.29, 0.717) is 5.92 Å². The van der Waals surface area contributed by atoms with Crippen LogP contribution in [-0.4, -0.2) is 26.3 Å². The zero-order chi connectivity index (χ0) is 11.9. The van der Waals surface area contributed by atoms with Gasteiger partial charge in [-0.1, -0.05) is 41.5 Å². The van der Waals surface area contributed by atoms with E-state index in [-0.39, 0.29) is 5.41 Å². The van der Waals surface area contributed by atoms with Crippen LogP contribution in [0.3, 0.4) is 0 Å². The summed E-state index contributed by atoms with van der Waals surface area (Å²) in [6.45, 7) is 17.2. The Bertz CT molecular complexity index is 137. The van der Waals surface area contributed by atoms with Gasteiger partial charge in [-0.2, -0.15) is 0 Å². The third kappa shape index (κ3) is 10.2. The second-order valence-corrected chi connectivity index (χ2v) is 6.10. The maximum atomic E-state index is 5.68. The lowest BCUT2D eigenvalue weighted by Crippen LogP contribution is -2.35. The third-order valence-electron chi connectivity index (χ3n) is 2.10. The van der Waals surface area contributed by atoms with Crippen LogP contribution in [0.1, 0.15) is 41.5 Å². The van der Waals surface area contributed by atoms with Crippen molar-refractivity contribution in [1.82, 2.24) is 5.32 Å². The molecule has 0 aliphatic rings. The van der Waals surface area contributed by atoms with E-state index >= 15 is 0 Å². The van der Waals surface area contributed by atoms with E-state index in [9.17, 15) is 0 Å². The Kier molecular flexibility index (Phi) is 7.20. The van der Waals surface area contributed by atoms with Crippen molar-refractivity contribution in [3.05, 3.63) is 0 Å². The molecule has 2 nitrogen and oxygen atoms in total. The molecule has 0 unspecified atom stereocenters. The summed E-state index contributed by atoms with van der Waals surface area (Å²) < 4.78 is 5.68. The largest absolute Gasteiger partial charge is 0.381 e. The minimum atomic E-state index is 0.240. The first-order valence-electron chi connectivity index (χ1n) is 6.12. The molecule has 0 heterocycles. The predicted octanol–water partition coefficient (Wildman–Crippen LogP) is 2.93. The first-order chi connectivity index (χ1) is 6.83. The van der Waals surface area contributed by atoms with Crippen LogP contribution >= 0.6 is 0 Å². The molecule has 2 heteroatoms. The monoisotopic (exact) mass is 215 g/mol. The van der Waals surface area contributed by atoms with Gasteiger partial charge in [0.2, 0.25) is 0 Å². The van der Waals surface area contributed by atoms with E-state index in [2.05, 4.69) is 46.9 Å². The van der Waals surface area contributed by atoms with Gasteiger partial charge in [-0.3, -0.25) is 0 Å². The summed E-state index contributed by atoms with van der Waals surface area (Å²) in [4.78, 5) is 0. The molecule has 0 aliphatic carbocycles. The molecule has 92 valence electrons. The quantitative estimate of drug-likeness (QED) is 0.672. The van der Waals surface area contributed by atoms with Gasteiger partial charge in [0.05, 0.1) is 6.61 Å². The minimum Gasteiger partial charge on any atom is -0.381 e. The molecule has 0 atom stereocenters. The molecule has 0 fully saturated rings. The lowest BCUT2D eigenvalue weighted by Gasteiger charge is -2.26. The highest BCUT2D eigenvalue weighted by molar-refractivity contribution is 4.71. The number of rotatable bonds is 8. The summed E-state index contributed by atoms with van der Waals surface area (Å²) >= 11 is 0. The second kappa shape index (κ2) is 7.24. The average Bonchev–Trinajstić information content (AvgIpc) is 2.01. The van der Waals surface area contributed by atoms with Gasteiger partial charge in [0.1, 0.15) is 0 Å². The number of hydrogen-bond donors (Lipinski definition) is 1. The van der Waals surface area contributed by atoms with Gasteiger partial charge in [0.25, 0.3) is 0 Å². The van der Waals surface area contributed by atoms with E-state index in [4.69, 9.17) is 4.74 Å². The maximum absolute atomic E-state index is 5.68. The molecule has 0 saturated heterocycles. The number of hydrogen-bond acceptors (Lipinski definition) is 2. The predicted molar refractivity (Wildman–Crippen MR) is 67.1 cm³/mol. The Morgan fingerprint density at radius 3 is 2.13 bits per heavy atom. The molecule has 0 aliphatic heterocycles. The molecule has 0 aromatic carbocycles. The Morgan fingerprint density at radius 2 is 1.67 bits per heavy atom. The fraction of sp³-hybridized carbons (Fsp3) is 1.00. The van der Waals surface area contributed by atoms with Crippen molar-refractivity contribution in [2.24, 2.45) is 17.3 Å². The van der Waals surface area contributed by atoms with Crippen LogP contribution in [0.15, 0.2) is 0 Å². The fourth-order valence-corrected chi connectivity index (χ4v) is 1.32. The van der Waals surface area contributed by atoms with Gasteiger partial charge >= 0.3 is 0 Å². The summed E-state index contributed by atoms with van der Waals surface area (Å²) in [5.41, 5.74) is 0.240. The normalized spacial score (nSPS) is 12.8. The van der Waals surface area contributed by atoms with Crippen LogP contribution in [0.25, 0.3) is 0 Å². The number of nitrogens with one attached hydrogen (secondary N) is 1. The van der Waals surface area contributed by atoms with Crippen LogP contribution in [0.4, 0.5) is 0 Å². The van der Waals surface area contributed by atoms with Crippen molar-refractivity contribution in [2.45, 2.75) is 41.5 Å². The van der Waals surface area contributed by atoms with Gasteiger partial charge in [-0.05, 0) is 18.4 Å². The molecular weight excluding hydrogens is 186 g/mol. The topological polar surface area (TPSA) is 21.3 Å². The smallest absolute Gasteiger partial charge is 0.0529 e. The van der Waals surface area contributed by atoms with Gasteiger partial charge in [-0.15, -0.1) is 0 Å².